The van der Waals surface area contributed by atoms with Crippen LogP contribution >= 0.6 is 0 Å². The van der Waals surface area contributed by atoms with Gasteiger partial charge in [-0.05, 0) is 57.8 Å². The highest BCUT2D eigenvalue weighted by atomic mass is 16.5. The molecule has 4 heteroatoms. The predicted octanol–water partition coefficient (Wildman–Crippen LogP) is 8.66. The molecule has 0 aromatic rings. The third kappa shape index (κ3) is 24.3. The first-order valence-electron chi connectivity index (χ1n) is 13.3. The lowest BCUT2D eigenvalue weighted by Gasteiger charge is -2.16. The van der Waals surface area contributed by atoms with E-state index in [1.807, 2.05) is 0 Å². The van der Waals surface area contributed by atoms with E-state index in [1.165, 1.54) is 12.8 Å². The minimum absolute atomic E-state index is 0.103. The molecule has 0 bridgehead atoms. The van der Waals surface area contributed by atoms with Crippen LogP contribution in [0.1, 0.15) is 110 Å². The van der Waals surface area contributed by atoms with Crippen molar-refractivity contribution in [3.05, 3.63) is 60.8 Å². The Labute approximate surface area is 208 Å². The fourth-order valence-corrected chi connectivity index (χ4v) is 3.35. The van der Waals surface area contributed by atoms with Gasteiger partial charge < -0.3 is 9.84 Å². The maximum atomic E-state index is 12.1. The summed E-state index contributed by atoms with van der Waals surface area (Å²) in [6.45, 7) is 4.30. The zero-order valence-corrected chi connectivity index (χ0v) is 21.6. The standard InChI is InChI=1S/C30H48O4/c1-3-5-7-9-10-11-12-13-14-15-16-17-18-19-20-22-24-26-30(33)34-28(27-29(31)32)25-23-21-8-6-4-2/h5,7,10-11,13-14,16-17,19-20,28H,3-4,6,8-9,12,15,18,21-27H2,1-2H3,(H,31,32)/b7-5-,11-10-,14-13-,17-16-,20-19-. The largest absolute Gasteiger partial charge is 0.481 e. The summed E-state index contributed by atoms with van der Waals surface area (Å²) in [5.74, 6) is -1.20. The van der Waals surface area contributed by atoms with E-state index >= 15 is 0 Å². The van der Waals surface area contributed by atoms with Crippen molar-refractivity contribution in [1.29, 1.82) is 0 Å². The number of aliphatic carboxylic acids is 1. The van der Waals surface area contributed by atoms with Crippen LogP contribution in [-0.2, 0) is 14.3 Å². The number of carbonyl (C=O) groups excluding carboxylic acids is 1. The Morgan fingerprint density at radius 3 is 1.76 bits per heavy atom. The van der Waals surface area contributed by atoms with Gasteiger partial charge >= 0.3 is 11.9 Å². The van der Waals surface area contributed by atoms with Gasteiger partial charge in [0.15, 0.2) is 0 Å². The number of carbonyl (C=O) groups is 2. The van der Waals surface area contributed by atoms with Crippen LogP contribution in [0.3, 0.4) is 0 Å². The van der Waals surface area contributed by atoms with E-state index in [-0.39, 0.29) is 12.4 Å². The van der Waals surface area contributed by atoms with E-state index < -0.39 is 12.1 Å². The average molecular weight is 473 g/mol. The normalized spacial score (nSPS) is 13.2. The smallest absolute Gasteiger partial charge is 0.307 e. The number of esters is 1. The summed E-state index contributed by atoms with van der Waals surface area (Å²) in [6, 6.07) is 0. The maximum absolute atomic E-state index is 12.1. The van der Waals surface area contributed by atoms with Crippen molar-refractivity contribution >= 4 is 11.9 Å². The lowest BCUT2D eigenvalue weighted by Crippen LogP contribution is -2.21. The molecular weight excluding hydrogens is 424 g/mol. The monoisotopic (exact) mass is 472 g/mol. The molecule has 1 atom stereocenters. The number of unbranched alkanes of at least 4 members (excludes halogenated alkanes) is 5. The van der Waals surface area contributed by atoms with Crippen LogP contribution in [0.4, 0.5) is 0 Å². The number of allylic oxidation sites excluding steroid dienone is 10. The van der Waals surface area contributed by atoms with Crippen molar-refractivity contribution in [3.63, 3.8) is 0 Å². The third-order valence-corrected chi connectivity index (χ3v) is 5.24. The summed E-state index contributed by atoms with van der Waals surface area (Å²) in [5, 5.41) is 9.06. The number of hydrogen-bond acceptors (Lipinski definition) is 3. The lowest BCUT2D eigenvalue weighted by molar-refractivity contribution is -0.153. The highest BCUT2D eigenvalue weighted by Crippen LogP contribution is 2.14. The number of carboxylic acids is 1. The van der Waals surface area contributed by atoms with E-state index in [9.17, 15) is 9.59 Å². The van der Waals surface area contributed by atoms with Gasteiger partial charge in [-0.3, -0.25) is 9.59 Å². The van der Waals surface area contributed by atoms with Gasteiger partial charge in [0.25, 0.3) is 0 Å². The first-order valence-corrected chi connectivity index (χ1v) is 13.3. The molecule has 0 heterocycles. The minimum Gasteiger partial charge on any atom is -0.481 e. The van der Waals surface area contributed by atoms with Crippen molar-refractivity contribution in [2.24, 2.45) is 0 Å². The molecule has 0 saturated heterocycles. The molecule has 4 nitrogen and oxygen atoms in total. The van der Waals surface area contributed by atoms with Crippen LogP contribution in [0.2, 0.25) is 0 Å². The van der Waals surface area contributed by atoms with E-state index in [4.69, 9.17) is 9.84 Å². The second-order valence-electron chi connectivity index (χ2n) is 8.51. The SMILES string of the molecule is CC/C=C\C/C=C\C/C=C\C/C=C\C/C=C\CCCC(=O)OC(CCCCCCC)CC(=O)O. The summed E-state index contributed by atoms with van der Waals surface area (Å²) in [5.41, 5.74) is 0. The van der Waals surface area contributed by atoms with E-state index in [0.717, 1.165) is 64.2 Å². The van der Waals surface area contributed by atoms with Crippen LogP contribution < -0.4 is 0 Å². The third-order valence-electron chi connectivity index (χ3n) is 5.24. The number of rotatable bonds is 22. The van der Waals surface area contributed by atoms with Crippen molar-refractivity contribution in [2.45, 2.75) is 116 Å². The van der Waals surface area contributed by atoms with Crippen LogP contribution in [0, 0.1) is 0 Å². The summed E-state index contributed by atoms with van der Waals surface area (Å²) < 4.78 is 5.43. The fourth-order valence-electron chi connectivity index (χ4n) is 3.35. The predicted molar refractivity (Wildman–Crippen MR) is 144 cm³/mol. The van der Waals surface area contributed by atoms with Crippen LogP contribution in [-0.4, -0.2) is 23.1 Å². The fraction of sp³-hybridized carbons (Fsp3) is 0.600. The zero-order valence-electron chi connectivity index (χ0n) is 21.6. The van der Waals surface area contributed by atoms with Gasteiger partial charge in [0.05, 0.1) is 6.42 Å². The second-order valence-corrected chi connectivity index (χ2v) is 8.51. The Balaban J connectivity index is 3.86. The van der Waals surface area contributed by atoms with Gasteiger partial charge in [0, 0.05) is 6.42 Å². The second kappa shape index (κ2) is 25.3. The Morgan fingerprint density at radius 2 is 1.24 bits per heavy atom. The van der Waals surface area contributed by atoms with Gasteiger partial charge in [0.2, 0.25) is 0 Å². The van der Waals surface area contributed by atoms with Gasteiger partial charge in [0.1, 0.15) is 6.10 Å². The summed E-state index contributed by atoms with van der Waals surface area (Å²) in [6.07, 6.45) is 34.0. The Kier molecular flexibility index (Phi) is 23.5. The van der Waals surface area contributed by atoms with Gasteiger partial charge in [-0.15, -0.1) is 0 Å². The molecule has 0 aliphatic rings. The average Bonchev–Trinajstić information content (AvgIpc) is 2.80. The molecule has 1 unspecified atom stereocenters. The summed E-state index contributed by atoms with van der Waals surface area (Å²) in [7, 11) is 0. The Bertz CT molecular complexity index is 640. The Morgan fingerprint density at radius 1 is 0.706 bits per heavy atom. The zero-order chi connectivity index (χ0) is 25.1. The van der Waals surface area contributed by atoms with E-state index in [1.54, 1.807) is 0 Å². The van der Waals surface area contributed by atoms with E-state index in [0.29, 0.717) is 12.8 Å². The van der Waals surface area contributed by atoms with Gasteiger partial charge in [-0.2, -0.15) is 0 Å². The highest BCUT2D eigenvalue weighted by molar-refractivity contribution is 5.71. The maximum Gasteiger partial charge on any atom is 0.307 e. The minimum atomic E-state index is -0.912. The number of carboxylic acid groups (broad SMARTS) is 1. The van der Waals surface area contributed by atoms with Crippen LogP contribution in [0.5, 0.6) is 0 Å². The van der Waals surface area contributed by atoms with Crippen LogP contribution in [0.15, 0.2) is 60.8 Å². The lowest BCUT2D eigenvalue weighted by atomic mass is 10.1. The Hall–Kier alpha value is -2.36. The molecular formula is C30H48O4. The quantitative estimate of drug-likeness (QED) is 0.0972. The molecule has 0 aromatic heterocycles. The molecule has 0 radical (unpaired) electrons. The molecule has 0 aliphatic carbocycles. The summed E-state index contributed by atoms with van der Waals surface area (Å²) >= 11 is 0. The summed E-state index contributed by atoms with van der Waals surface area (Å²) in [4.78, 5) is 23.1. The molecule has 0 aromatic carbocycles. The molecule has 192 valence electrons. The molecule has 34 heavy (non-hydrogen) atoms. The number of hydrogen-bond donors (Lipinski definition) is 1. The van der Waals surface area contributed by atoms with Crippen LogP contribution in [0.25, 0.3) is 0 Å². The number of ether oxygens (including phenoxy) is 1. The molecule has 0 rings (SSSR count). The molecule has 1 N–H and O–H groups in total. The van der Waals surface area contributed by atoms with Crippen molar-refractivity contribution in [1.82, 2.24) is 0 Å². The molecule has 0 spiro atoms. The molecule has 0 fully saturated rings. The van der Waals surface area contributed by atoms with Crippen molar-refractivity contribution in [2.75, 3.05) is 0 Å². The molecule has 0 amide bonds. The van der Waals surface area contributed by atoms with Crippen molar-refractivity contribution < 1.29 is 19.4 Å². The van der Waals surface area contributed by atoms with E-state index in [2.05, 4.69) is 74.6 Å². The van der Waals surface area contributed by atoms with Crippen molar-refractivity contribution in [3.8, 4) is 0 Å². The molecule has 0 aliphatic heterocycles. The molecule has 0 saturated carbocycles. The van der Waals surface area contributed by atoms with Gasteiger partial charge in [-0.1, -0.05) is 100 Å². The highest BCUT2D eigenvalue weighted by Gasteiger charge is 2.17. The first kappa shape index (κ1) is 31.6. The first-order chi connectivity index (χ1) is 16.6. The van der Waals surface area contributed by atoms with Gasteiger partial charge in [-0.25, -0.2) is 0 Å². The topological polar surface area (TPSA) is 63.6 Å².